The summed E-state index contributed by atoms with van der Waals surface area (Å²) < 4.78 is 0. The first-order valence-electron chi connectivity index (χ1n) is 7.23. The molecule has 1 aliphatic heterocycles. The third-order valence-corrected chi connectivity index (χ3v) is 4.06. The molecule has 0 bridgehead atoms. The minimum Gasteiger partial charge on any atom is -0.269 e. The fourth-order valence-corrected chi connectivity index (χ4v) is 3.22. The number of fused-ring (bicyclic) bond motifs is 1. The van der Waals surface area contributed by atoms with Gasteiger partial charge in [0.1, 0.15) is 0 Å². The molecule has 0 spiro atoms. The highest BCUT2D eigenvalue weighted by Crippen LogP contribution is 2.38. The first kappa shape index (κ1) is 13.1. The molecule has 0 saturated carbocycles. The third-order valence-electron chi connectivity index (χ3n) is 4.06. The second kappa shape index (κ2) is 4.89. The molecule has 104 valence electrons. The zero-order chi connectivity index (χ0) is 14.3. The maximum absolute atomic E-state index is 11.9. The van der Waals surface area contributed by atoms with Gasteiger partial charge in [-0.3, -0.25) is 14.5 Å². The van der Waals surface area contributed by atoms with Gasteiger partial charge in [0, 0.05) is 12.2 Å². The third kappa shape index (κ3) is 2.17. The zero-order valence-electron chi connectivity index (χ0n) is 11.9. The van der Waals surface area contributed by atoms with Gasteiger partial charge in [0.05, 0.1) is 6.04 Å². The molecule has 1 aromatic carbocycles. The van der Waals surface area contributed by atoms with Gasteiger partial charge in [-0.2, -0.15) is 0 Å². The van der Waals surface area contributed by atoms with E-state index in [-0.39, 0.29) is 17.9 Å². The van der Waals surface area contributed by atoms with E-state index in [1.54, 1.807) is 0 Å². The van der Waals surface area contributed by atoms with Crippen molar-refractivity contribution in [2.75, 3.05) is 0 Å². The van der Waals surface area contributed by atoms with Gasteiger partial charge in [-0.1, -0.05) is 32.0 Å². The van der Waals surface area contributed by atoms with E-state index >= 15 is 0 Å². The number of hydrogen-bond acceptors (Lipinski definition) is 2. The predicted octanol–water partition coefficient (Wildman–Crippen LogP) is 2.80. The van der Waals surface area contributed by atoms with Crippen molar-refractivity contribution in [1.29, 1.82) is 0 Å². The first-order chi connectivity index (χ1) is 9.56. The molecule has 1 aliphatic carbocycles. The summed E-state index contributed by atoms with van der Waals surface area (Å²) in [4.78, 5) is 25.1. The summed E-state index contributed by atoms with van der Waals surface area (Å²) >= 11 is 0. The van der Waals surface area contributed by atoms with Crippen LogP contribution in [-0.2, 0) is 22.4 Å². The van der Waals surface area contributed by atoms with Crippen LogP contribution >= 0.6 is 0 Å². The van der Waals surface area contributed by atoms with E-state index in [0.717, 1.165) is 24.8 Å². The molecule has 2 aliphatic rings. The Morgan fingerprint density at radius 1 is 1.20 bits per heavy atom. The van der Waals surface area contributed by atoms with Crippen molar-refractivity contribution < 1.29 is 9.59 Å². The largest absolute Gasteiger partial charge is 0.269 e. The highest BCUT2D eigenvalue weighted by molar-refractivity contribution is 6.13. The summed E-state index contributed by atoms with van der Waals surface area (Å²) in [6.45, 7) is 4.39. The van der Waals surface area contributed by atoms with Crippen molar-refractivity contribution in [3.8, 4) is 0 Å². The molecular weight excluding hydrogens is 250 g/mol. The van der Waals surface area contributed by atoms with Gasteiger partial charge in [-0.25, -0.2) is 0 Å². The minimum absolute atomic E-state index is 0.0767. The summed E-state index contributed by atoms with van der Waals surface area (Å²) in [7, 11) is 0. The maximum Gasteiger partial charge on any atom is 0.254 e. The van der Waals surface area contributed by atoms with Gasteiger partial charge in [0.2, 0.25) is 0 Å². The minimum atomic E-state index is -0.179. The van der Waals surface area contributed by atoms with Crippen molar-refractivity contribution in [2.24, 2.45) is 5.92 Å². The standard InChI is InChI=1S/C17H19NO2/c1-11(2)9-12-3-4-13-5-6-15(14(13)10-12)18-16(19)7-8-17(18)20/h3-4,7-8,10-11,15H,5-6,9H2,1-2H3/t15-/m0/s1. The Hall–Kier alpha value is -1.90. The molecule has 3 rings (SSSR count). The average molecular weight is 269 g/mol. The quantitative estimate of drug-likeness (QED) is 0.791. The van der Waals surface area contributed by atoms with Gasteiger partial charge in [-0.15, -0.1) is 0 Å². The summed E-state index contributed by atoms with van der Waals surface area (Å²) in [5.74, 6) is 0.244. The number of nitrogens with zero attached hydrogens (tertiary/aromatic N) is 1. The second-order valence-electron chi connectivity index (χ2n) is 6.07. The van der Waals surface area contributed by atoms with E-state index in [9.17, 15) is 9.59 Å². The molecular formula is C17H19NO2. The Labute approximate surface area is 119 Å². The van der Waals surface area contributed by atoms with Crippen LogP contribution in [0.3, 0.4) is 0 Å². The van der Waals surface area contributed by atoms with E-state index in [0.29, 0.717) is 5.92 Å². The molecule has 0 N–H and O–H groups in total. The number of imide groups is 1. The van der Waals surface area contributed by atoms with Crippen molar-refractivity contribution in [3.05, 3.63) is 47.0 Å². The normalized spacial score (nSPS) is 21.1. The van der Waals surface area contributed by atoms with E-state index < -0.39 is 0 Å². The summed E-state index contributed by atoms with van der Waals surface area (Å²) in [6, 6.07) is 6.44. The molecule has 1 aromatic rings. The van der Waals surface area contributed by atoms with Crippen molar-refractivity contribution in [2.45, 2.75) is 39.2 Å². The number of rotatable bonds is 3. The lowest BCUT2D eigenvalue weighted by Crippen LogP contribution is -2.33. The summed E-state index contributed by atoms with van der Waals surface area (Å²) in [5, 5.41) is 0. The lowest BCUT2D eigenvalue weighted by molar-refractivity contribution is -0.139. The van der Waals surface area contributed by atoms with Gasteiger partial charge in [-0.05, 0) is 41.9 Å². The smallest absolute Gasteiger partial charge is 0.254 e. The Morgan fingerprint density at radius 2 is 1.90 bits per heavy atom. The Kier molecular flexibility index (Phi) is 3.20. The molecule has 0 unspecified atom stereocenters. The van der Waals surface area contributed by atoms with Crippen LogP contribution in [0.4, 0.5) is 0 Å². The monoisotopic (exact) mass is 269 g/mol. The number of amides is 2. The fourth-order valence-electron chi connectivity index (χ4n) is 3.22. The molecule has 0 aromatic heterocycles. The van der Waals surface area contributed by atoms with Gasteiger partial charge in [0.15, 0.2) is 0 Å². The Bertz CT molecular complexity index is 583. The highest BCUT2D eigenvalue weighted by atomic mass is 16.2. The number of carbonyl (C=O) groups is 2. The van der Waals surface area contributed by atoms with Gasteiger partial charge < -0.3 is 0 Å². The van der Waals surface area contributed by atoms with Crippen LogP contribution in [0.15, 0.2) is 30.4 Å². The van der Waals surface area contributed by atoms with Crippen LogP contribution in [0, 0.1) is 5.92 Å². The Balaban J connectivity index is 1.92. The first-order valence-corrected chi connectivity index (χ1v) is 7.23. The lowest BCUT2D eigenvalue weighted by atomic mass is 9.97. The zero-order valence-corrected chi connectivity index (χ0v) is 11.9. The molecule has 3 nitrogen and oxygen atoms in total. The molecule has 0 saturated heterocycles. The van der Waals surface area contributed by atoms with Crippen LogP contribution in [0.2, 0.25) is 0 Å². The van der Waals surface area contributed by atoms with Crippen LogP contribution in [0.5, 0.6) is 0 Å². The van der Waals surface area contributed by atoms with E-state index in [2.05, 4.69) is 32.0 Å². The molecule has 1 atom stereocenters. The van der Waals surface area contributed by atoms with Gasteiger partial charge >= 0.3 is 0 Å². The lowest BCUT2D eigenvalue weighted by Gasteiger charge is -2.23. The average Bonchev–Trinajstić information content (AvgIpc) is 2.92. The summed E-state index contributed by atoms with van der Waals surface area (Å²) in [6.07, 6.45) is 5.56. The van der Waals surface area contributed by atoms with Crippen molar-refractivity contribution >= 4 is 11.8 Å². The number of aryl methyl sites for hydroxylation is 1. The fraction of sp³-hybridized carbons (Fsp3) is 0.412. The Morgan fingerprint density at radius 3 is 2.55 bits per heavy atom. The van der Waals surface area contributed by atoms with Crippen LogP contribution in [0.1, 0.15) is 43.0 Å². The van der Waals surface area contributed by atoms with Crippen LogP contribution in [0.25, 0.3) is 0 Å². The molecule has 0 radical (unpaired) electrons. The second-order valence-corrected chi connectivity index (χ2v) is 6.07. The topological polar surface area (TPSA) is 37.4 Å². The van der Waals surface area contributed by atoms with Crippen molar-refractivity contribution in [3.63, 3.8) is 0 Å². The highest BCUT2D eigenvalue weighted by Gasteiger charge is 2.36. The molecule has 0 fully saturated rings. The van der Waals surface area contributed by atoms with Crippen LogP contribution in [-0.4, -0.2) is 16.7 Å². The van der Waals surface area contributed by atoms with Crippen molar-refractivity contribution in [1.82, 2.24) is 4.90 Å². The van der Waals surface area contributed by atoms with E-state index in [4.69, 9.17) is 0 Å². The predicted molar refractivity (Wildman–Crippen MR) is 77.0 cm³/mol. The number of hydrogen-bond donors (Lipinski definition) is 0. The number of benzene rings is 1. The van der Waals surface area contributed by atoms with E-state index in [1.807, 2.05) is 0 Å². The molecule has 1 heterocycles. The SMILES string of the molecule is CC(C)Cc1ccc2c(c1)[C@@H](N1C(=O)C=CC1=O)CC2. The molecule has 20 heavy (non-hydrogen) atoms. The maximum atomic E-state index is 11.9. The molecule has 3 heteroatoms. The molecule has 2 amide bonds. The van der Waals surface area contributed by atoms with E-state index in [1.165, 1.54) is 28.2 Å². The van der Waals surface area contributed by atoms with Crippen LogP contribution < -0.4 is 0 Å². The number of carbonyl (C=O) groups excluding carboxylic acids is 2. The van der Waals surface area contributed by atoms with Gasteiger partial charge in [0.25, 0.3) is 11.8 Å². The summed E-state index contributed by atoms with van der Waals surface area (Å²) in [5.41, 5.74) is 3.72.